The van der Waals surface area contributed by atoms with Gasteiger partial charge in [-0.2, -0.15) is 5.10 Å². The summed E-state index contributed by atoms with van der Waals surface area (Å²) in [6.07, 6.45) is 0.675. The maximum atomic E-state index is 11.3. The SMILES string of the molecule is Cn1nc(-c2ccc3c(c2)NC(=O)CO3)nc1CCN. The van der Waals surface area contributed by atoms with Crippen molar-refractivity contribution in [1.82, 2.24) is 14.8 Å². The highest BCUT2D eigenvalue weighted by molar-refractivity contribution is 5.96. The van der Waals surface area contributed by atoms with Crippen LogP contribution in [0.4, 0.5) is 5.69 Å². The zero-order valence-electron chi connectivity index (χ0n) is 11.1. The Morgan fingerprint density at radius 3 is 3.15 bits per heavy atom. The lowest BCUT2D eigenvalue weighted by Gasteiger charge is -2.17. The highest BCUT2D eigenvalue weighted by Crippen LogP contribution is 2.31. The third kappa shape index (κ3) is 2.23. The van der Waals surface area contributed by atoms with E-state index in [2.05, 4.69) is 15.4 Å². The van der Waals surface area contributed by atoms with Gasteiger partial charge in [-0.15, -0.1) is 0 Å². The molecular weight excluding hydrogens is 258 g/mol. The fourth-order valence-corrected chi connectivity index (χ4v) is 2.11. The van der Waals surface area contributed by atoms with E-state index in [0.717, 1.165) is 11.4 Å². The molecule has 20 heavy (non-hydrogen) atoms. The van der Waals surface area contributed by atoms with Gasteiger partial charge in [0.25, 0.3) is 5.91 Å². The van der Waals surface area contributed by atoms with Crippen LogP contribution in [-0.4, -0.2) is 33.8 Å². The van der Waals surface area contributed by atoms with Crippen LogP contribution >= 0.6 is 0 Å². The molecule has 0 unspecified atom stereocenters. The van der Waals surface area contributed by atoms with Crippen LogP contribution in [0.3, 0.4) is 0 Å². The summed E-state index contributed by atoms with van der Waals surface area (Å²) in [5, 5.41) is 7.13. The Hall–Kier alpha value is -2.41. The Morgan fingerprint density at radius 1 is 1.50 bits per heavy atom. The number of amides is 1. The van der Waals surface area contributed by atoms with Gasteiger partial charge in [0.1, 0.15) is 11.6 Å². The van der Waals surface area contributed by atoms with Gasteiger partial charge in [-0.25, -0.2) is 4.98 Å². The first-order valence-electron chi connectivity index (χ1n) is 6.34. The van der Waals surface area contributed by atoms with Crippen molar-refractivity contribution in [2.75, 3.05) is 18.5 Å². The molecule has 1 aromatic heterocycles. The number of hydrogen-bond acceptors (Lipinski definition) is 5. The molecule has 3 rings (SSSR count). The van der Waals surface area contributed by atoms with Gasteiger partial charge in [0.15, 0.2) is 12.4 Å². The molecule has 0 bridgehead atoms. The van der Waals surface area contributed by atoms with Crippen LogP contribution in [0, 0.1) is 0 Å². The number of rotatable bonds is 3. The number of benzene rings is 1. The van der Waals surface area contributed by atoms with E-state index in [9.17, 15) is 4.79 Å². The highest BCUT2D eigenvalue weighted by atomic mass is 16.5. The van der Waals surface area contributed by atoms with Crippen molar-refractivity contribution >= 4 is 11.6 Å². The summed E-state index contributed by atoms with van der Waals surface area (Å²) < 4.78 is 7.04. The van der Waals surface area contributed by atoms with Crippen LogP contribution in [0.25, 0.3) is 11.4 Å². The van der Waals surface area contributed by atoms with Crippen molar-refractivity contribution in [1.29, 1.82) is 0 Å². The smallest absolute Gasteiger partial charge is 0.262 e. The Kier molecular flexibility index (Phi) is 3.11. The minimum absolute atomic E-state index is 0.0504. The number of fused-ring (bicyclic) bond motifs is 1. The van der Waals surface area contributed by atoms with E-state index < -0.39 is 0 Å². The summed E-state index contributed by atoms with van der Waals surface area (Å²) in [4.78, 5) is 15.8. The number of aryl methyl sites for hydroxylation is 1. The van der Waals surface area contributed by atoms with Crippen molar-refractivity contribution < 1.29 is 9.53 Å². The first-order chi connectivity index (χ1) is 9.67. The number of aromatic nitrogens is 3. The van der Waals surface area contributed by atoms with E-state index in [1.54, 1.807) is 4.68 Å². The molecule has 0 aliphatic carbocycles. The average Bonchev–Trinajstić information content (AvgIpc) is 2.80. The van der Waals surface area contributed by atoms with E-state index in [1.807, 2.05) is 25.2 Å². The molecule has 0 radical (unpaired) electrons. The van der Waals surface area contributed by atoms with E-state index in [1.165, 1.54) is 0 Å². The van der Waals surface area contributed by atoms with Crippen molar-refractivity contribution in [2.45, 2.75) is 6.42 Å². The normalized spacial score (nSPS) is 13.6. The summed E-state index contributed by atoms with van der Waals surface area (Å²) in [6.45, 7) is 0.578. The van der Waals surface area contributed by atoms with Crippen molar-refractivity contribution in [2.24, 2.45) is 12.8 Å². The molecule has 0 atom stereocenters. The third-order valence-corrected chi connectivity index (χ3v) is 3.09. The minimum atomic E-state index is -0.160. The van der Waals surface area contributed by atoms with Gasteiger partial charge in [-0.1, -0.05) is 0 Å². The molecule has 2 heterocycles. The molecule has 0 spiro atoms. The molecule has 1 aliphatic heterocycles. The molecule has 0 fully saturated rings. The van der Waals surface area contributed by atoms with Crippen LogP contribution in [0.1, 0.15) is 5.82 Å². The Bertz CT molecular complexity index is 665. The van der Waals surface area contributed by atoms with Gasteiger partial charge in [0, 0.05) is 19.0 Å². The van der Waals surface area contributed by atoms with E-state index in [4.69, 9.17) is 10.5 Å². The number of ether oxygens (including phenoxy) is 1. The van der Waals surface area contributed by atoms with Crippen LogP contribution in [0.15, 0.2) is 18.2 Å². The molecule has 3 N–H and O–H groups in total. The maximum absolute atomic E-state index is 11.3. The predicted molar refractivity (Wildman–Crippen MR) is 73.3 cm³/mol. The van der Waals surface area contributed by atoms with Crippen LogP contribution in [-0.2, 0) is 18.3 Å². The number of anilines is 1. The fourth-order valence-electron chi connectivity index (χ4n) is 2.11. The maximum Gasteiger partial charge on any atom is 0.262 e. The number of nitrogens with one attached hydrogen (secondary N) is 1. The fraction of sp³-hybridized carbons (Fsp3) is 0.308. The van der Waals surface area contributed by atoms with Gasteiger partial charge in [0.2, 0.25) is 0 Å². The lowest BCUT2D eigenvalue weighted by molar-refractivity contribution is -0.118. The number of nitrogens with zero attached hydrogens (tertiary/aromatic N) is 3. The summed E-state index contributed by atoms with van der Waals surface area (Å²) in [5.74, 6) is 1.94. The number of carbonyl (C=O) groups excluding carboxylic acids is 1. The zero-order valence-corrected chi connectivity index (χ0v) is 11.1. The van der Waals surface area contributed by atoms with Crippen LogP contribution < -0.4 is 15.8 Å². The van der Waals surface area contributed by atoms with E-state index in [-0.39, 0.29) is 12.5 Å². The second-order valence-corrected chi connectivity index (χ2v) is 4.56. The quantitative estimate of drug-likeness (QED) is 0.839. The van der Waals surface area contributed by atoms with E-state index in [0.29, 0.717) is 30.2 Å². The molecular formula is C13H15N5O2. The van der Waals surface area contributed by atoms with Gasteiger partial charge in [-0.05, 0) is 24.7 Å². The third-order valence-electron chi connectivity index (χ3n) is 3.09. The molecule has 2 aromatic rings. The van der Waals surface area contributed by atoms with Crippen molar-refractivity contribution in [3.8, 4) is 17.1 Å². The Morgan fingerprint density at radius 2 is 2.35 bits per heavy atom. The Balaban J connectivity index is 1.96. The van der Waals surface area contributed by atoms with Gasteiger partial charge in [0.05, 0.1) is 5.69 Å². The van der Waals surface area contributed by atoms with Gasteiger partial charge >= 0.3 is 0 Å². The Labute approximate surface area is 115 Å². The topological polar surface area (TPSA) is 95.1 Å². The molecule has 0 saturated heterocycles. The van der Waals surface area contributed by atoms with E-state index >= 15 is 0 Å². The highest BCUT2D eigenvalue weighted by Gasteiger charge is 2.17. The number of nitrogens with two attached hydrogens (primary N) is 1. The largest absolute Gasteiger partial charge is 0.482 e. The molecule has 1 aliphatic rings. The molecule has 1 aromatic carbocycles. The first kappa shape index (κ1) is 12.6. The first-order valence-corrected chi connectivity index (χ1v) is 6.34. The van der Waals surface area contributed by atoms with Crippen LogP contribution in [0.2, 0.25) is 0 Å². The lowest BCUT2D eigenvalue weighted by Crippen LogP contribution is -2.25. The van der Waals surface area contributed by atoms with Crippen molar-refractivity contribution in [3.05, 3.63) is 24.0 Å². The summed E-state index contributed by atoms with van der Waals surface area (Å²) >= 11 is 0. The van der Waals surface area contributed by atoms with Gasteiger partial charge in [-0.3, -0.25) is 9.48 Å². The monoisotopic (exact) mass is 273 g/mol. The average molecular weight is 273 g/mol. The molecule has 7 nitrogen and oxygen atoms in total. The molecule has 7 heteroatoms. The zero-order chi connectivity index (χ0) is 14.1. The summed E-state index contributed by atoms with van der Waals surface area (Å²) in [6, 6.07) is 5.49. The summed E-state index contributed by atoms with van der Waals surface area (Å²) in [7, 11) is 1.84. The van der Waals surface area contributed by atoms with Gasteiger partial charge < -0.3 is 15.8 Å². The second kappa shape index (κ2) is 4.93. The second-order valence-electron chi connectivity index (χ2n) is 4.56. The lowest BCUT2D eigenvalue weighted by atomic mass is 10.1. The number of hydrogen-bond donors (Lipinski definition) is 2. The van der Waals surface area contributed by atoms with Crippen LogP contribution in [0.5, 0.6) is 5.75 Å². The summed E-state index contributed by atoms with van der Waals surface area (Å²) in [5.41, 5.74) is 7.01. The minimum Gasteiger partial charge on any atom is -0.482 e. The van der Waals surface area contributed by atoms with Crippen molar-refractivity contribution in [3.63, 3.8) is 0 Å². The number of carbonyl (C=O) groups is 1. The molecule has 0 saturated carbocycles. The molecule has 104 valence electrons. The standard InChI is InChI=1S/C13H15N5O2/c1-18-11(4-5-14)16-13(17-18)8-2-3-10-9(6-8)15-12(19)7-20-10/h2-3,6H,4-5,7,14H2,1H3,(H,15,19). The predicted octanol–water partition coefficient (Wildman–Crippen LogP) is 0.314. The molecule has 1 amide bonds.